The minimum absolute atomic E-state index is 0.202. The summed E-state index contributed by atoms with van der Waals surface area (Å²) in [5, 5.41) is 4.08. The molecule has 1 amide bonds. The van der Waals surface area contributed by atoms with E-state index in [1.54, 1.807) is 17.7 Å². The highest BCUT2D eigenvalue weighted by Gasteiger charge is 2.31. The summed E-state index contributed by atoms with van der Waals surface area (Å²) in [4.78, 5) is 25.1. The van der Waals surface area contributed by atoms with Crippen molar-refractivity contribution in [1.29, 1.82) is 5.53 Å². The minimum atomic E-state index is -0.349. The molecule has 8 heteroatoms. The first kappa shape index (κ1) is 19.4. The zero-order chi connectivity index (χ0) is 19.7. The fourth-order valence-electron chi connectivity index (χ4n) is 4.61. The number of hydrogen-bond acceptors (Lipinski definition) is 7. The van der Waals surface area contributed by atoms with Crippen LogP contribution in [0.25, 0.3) is 10.2 Å². The molecule has 1 fully saturated rings. The summed E-state index contributed by atoms with van der Waals surface area (Å²) >= 11 is 1.73. The number of hydrogen-bond donors (Lipinski definition) is 1. The quantitative estimate of drug-likeness (QED) is 0.728. The van der Waals surface area contributed by atoms with Gasteiger partial charge in [0.2, 0.25) is 5.88 Å². The first-order chi connectivity index (χ1) is 13.6. The lowest BCUT2D eigenvalue weighted by Crippen LogP contribution is -2.35. The van der Waals surface area contributed by atoms with Gasteiger partial charge < -0.3 is 9.64 Å². The standard InChI is InChI=1S/C20H27N5O2S/c1-25(2)13-5-7-14(8-6-13)27-19-18-17-12(4-10-16(26)24-21)3-9-15(17)28-20(18)23-11-22-19/h11-14,21H,3-10H2,1-2H3/t12-,13-,14-/m1/s1. The van der Waals surface area contributed by atoms with E-state index >= 15 is 0 Å². The zero-order valence-electron chi connectivity index (χ0n) is 16.5. The summed E-state index contributed by atoms with van der Waals surface area (Å²) in [6.07, 6.45) is 9.29. The number of fused-ring (bicyclic) bond motifs is 3. The van der Waals surface area contributed by atoms with Crippen LogP contribution >= 0.6 is 11.3 Å². The summed E-state index contributed by atoms with van der Waals surface area (Å²) in [6, 6.07) is 0.639. The van der Waals surface area contributed by atoms with Gasteiger partial charge in [-0.15, -0.1) is 16.5 Å². The van der Waals surface area contributed by atoms with Crippen LogP contribution in [0.5, 0.6) is 5.88 Å². The van der Waals surface area contributed by atoms with Gasteiger partial charge in [0.25, 0.3) is 5.91 Å². The highest BCUT2D eigenvalue weighted by molar-refractivity contribution is 7.19. The number of ether oxygens (including phenoxy) is 1. The van der Waals surface area contributed by atoms with Gasteiger partial charge in [-0.3, -0.25) is 4.79 Å². The molecule has 7 nitrogen and oxygen atoms in total. The number of aryl methyl sites for hydroxylation is 1. The molecule has 2 aromatic rings. The lowest BCUT2D eigenvalue weighted by molar-refractivity contribution is -0.118. The molecular weight excluding hydrogens is 374 g/mol. The van der Waals surface area contributed by atoms with Crippen LogP contribution in [0, 0.1) is 5.53 Å². The average molecular weight is 402 g/mol. The van der Waals surface area contributed by atoms with Crippen LogP contribution < -0.4 is 4.74 Å². The molecule has 1 N–H and O–H groups in total. The highest BCUT2D eigenvalue weighted by atomic mass is 32.1. The second kappa shape index (κ2) is 8.21. The molecule has 1 atom stereocenters. The predicted molar refractivity (Wildman–Crippen MR) is 108 cm³/mol. The molecule has 28 heavy (non-hydrogen) atoms. The average Bonchev–Trinajstić information content (AvgIpc) is 3.26. The minimum Gasteiger partial charge on any atom is -0.474 e. The van der Waals surface area contributed by atoms with Gasteiger partial charge in [-0.25, -0.2) is 15.5 Å². The fourth-order valence-corrected chi connectivity index (χ4v) is 5.84. The van der Waals surface area contributed by atoms with E-state index in [1.165, 1.54) is 10.4 Å². The molecule has 2 aliphatic carbocycles. The van der Waals surface area contributed by atoms with Crippen molar-refractivity contribution in [2.75, 3.05) is 14.1 Å². The van der Waals surface area contributed by atoms with Gasteiger partial charge in [0, 0.05) is 17.3 Å². The zero-order valence-corrected chi connectivity index (χ0v) is 17.3. The molecule has 4 rings (SSSR count). The maximum absolute atomic E-state index is 11.5. The Morgan fingerprint density at radius 2 is 2.07 bits per heavy atom. The molecule has 1 saturated carbocycles. The van der Waals surface area contributed by atoms with Crippen LogP contribution in [0.15, 0.2) is 11.4 Å². The van der Waals surface area contributed by atoms with Gasteiger partial charge in [-0.1, -0.05) is 0 Å². The van der Waals surface area contributed by atoms with E-state index < -0.39 is 0 Å². The van der Waals surface area contributed by atoms with Crippen molar-refractivity contribution in [1.82, 2.24) is 14.9 Å². The second-order valence-corrected chi connectivity index (χ2v) is 9.17. The van der Waals surface area contributed by atoms with E-state index in [0.29, 0.717) is 24.3 Å². The van der Waals surface area contributed by atoms with Crippen molar-refractivity contribution in [2.24, 2.45) is 5.11 Å². The van der Waals surface area contributed by atoms with Gasteiger partial charge in [0.15, 0.2) is 0 Å². The van der Waals surface area contributed by atoms with Crippen molar-refractivity contribution < 1.29 is 9.53 Å². The van der Waals surface area contributed by atoms with E-state index in [1.807, 2.05) is 0 Å². The van der Waals surface area contributed by atoms with Gasteiger partial charge in [-0.05, 0) is 70.5 Å². The van der Waals surface area contributed by atoms with Crippen molar-refractivity contribution in [2.45, 2.75) is 69.4 Å². The van der Waals surface area contributed by atoms with Crippen molar-refractivity contribution in [3.05, 3.63) is 16.8 Å². The summed E-state index contributed by atoms with van der Waals surface area (Å²) in [5.41, 5.74) is 8.15. The van der Waals surface area contributed by atoms with E-state index in [2.05, 4.69) is 34.1 Å². The van der Waals surface area contributed by atoms with Crippen LogP contribution in [0.1, 0.15) is 61.3 Å². The highest BCUT2D eigenvalue weighted by Crippen LogP contribution is 2.47. The third-order valence-corrected chi connectivity index (χ3v) is 7.35. The Bertz CT molecular complexity index is 873. The third-order valence-electron chi connectivity index (χ3n) is 6.18. The van der Waals surface area contributed by atoms with Crippen LogP contribution in [-0.4, -0.2) is 47.0 Å². The summed E-state index contributed by atoms with van der Waals surface area (Å²) in [6.45, 7) is 0. The van der Waals surface area contributed by atoms with Crippen LogP contribution in [0.2, 0.25) is 0 Å². The summed E-state index contributed by atoms with van der Waals surface area (Å²) in [7, 11) is 4.29. The van der Waals surface area contributed by atoms with Crippen LogP contribution in [0.3, 0.4) is 0 Å². The van der Waals surface area contributed by atoms with Gasteiger partial charge in [-0.2, -0.15) is 0 Å². The Morgan fingerprint density at radius 3 is 2.79 bits per heavy atom. The van der Waals surface area contributed by atoms with E-state index in [9.17, 15) is 4.79 Å². The Balaban J connectivity index is 1.55. The number of amides is 1. The molecule has 0 bridgehead atoms. The van der Waals surface area contributed by atoms with Crippen LogP contribution in [-0.2, 0) is 11.2 Å². The van der Waals surface area contributed by atoms with Crippen LogP contribution in [0.4, 0.5) is 0 Å². The second-order valence-electron chi connectivity index (χ2n) is 8.09. The fraction of sp³-hybridized carbons (Fsp3) is 0.650. The molecule has 0 aromatic carbocycles. The third kappa shape index (κ3) is 3.80. The lowest BCUT2D eigenvalue weighted by Gasteiger charge is -2.32. The van der Waals surface area contributed by atoms with Gasteiger partial charge in [0.05, 0.1) is 5.39 Å². The summed E-state index contributed by atoms with van der Waals surface area (Å²) < 4.78 is 6.40. The Morgan fingerprint density at radius 1 is 1.29 bits per heavy atom. The first-order valence-corrected chi connectivity index (χ1v) is 10.9. The molecule has 0 radical (unpaired) electrons. The van der Waals surface area contributed by atoms with Gasteiger partial charge in [0.1, 0.15) is 17.3 Å². The first-order valence-electron chi connectivity index (χ1n) is 10.1. The number of carbonyl (C=O) groups is 1. The number of nitrogens with zero attached hydrogens (tertiary/aromatic N) is 4. The maximum Gasteiger partial charge on any atom is 0.264 e. The topological polar surface area (TPSA) is 91.5 Å². The number of nitrogens with one attached hydrogen (secondary N) is 1. The maximum atomic E-state index is 11.5. The normalized spacial score (nSPS) is 24.5. The van der Waals surface area contributed by atoms with Crippen molar-refractivity contribution in [3.63, 3.8) is 0 Å². The Hall–Kier alpha value is -1.93. The van der Waals surface area contributed by atoms with Gasteiger partial charge >= 0.3 is 0 Å². The molecular formula is C20H27N5O2S. The van der Waals surface area contributed by atoms with Crippen molar-refractivity contribution >= 4 is 27.5 Å². The lowest BCUT2D eigenvalue weighted by atomic mass is 9.92. The Labute approximate surface area is 169 Å². The molecule has 150 valence electrons. The molecule has 2 aromatic heterocycles. The number of rotatable bonds is 6. The molecule has 0 saturated heterocycles. The van der Waals surface area contributed by atoms with Crippen molar-refractivity contribution in [3.8, 4) is 5.88 Å². The number of aromatic nitrogens is 2. The molecule has 0 aliphatic heterocycles. The SMILES string of the molecule is CN(C)[C@H]1CC[C@H](Oc2ncnc3sc4c(c23)[C@@H](CCC(=O)N=N)CC4)CC1. The number of carbonyl (C=O) groups excluding carboxylic acids is 1. The van der Waals surface area contributed by atoms with E-state index in [-0.39, 0.29) is 12.0 Å². The smallest absolute Gasteiger partial charge is 0.264 e. The molecule has 2 aliphatic rings. The monoisotopic (exact) mass is 401 g/mol. The summed E-state index contributed by atoms with van der Waals surface area (Å²) in [5.74, 6) is 0.657. The van der Waals surface area contributed by atoms with E-state index in [4.69, 9.17) is 10.3 Å². The molecule has 2 heterocycles. The molecule has 0 unspecified atom stereocenters. The predicted octanol–water partition coefficient (Wildman–Crippen LogP) is 4.31. The Kier molecular flexibility index (Phi) is 5.68. The largest absolute Gasteiger partial charge is 0.474 e. The number of thiophene rings is 1. The van der Waals surface area contributed by atoms with E-state index in [0.717, 1.165) is 55.2 Å². The molecule has 0 spiro atoms.